The molecule has 2 saturated carbocycles. The van der Waals surface area contributed by atoms with Gasteiger partial charge in [-0.05, 0) is 173 Å². The van der Waals surface area contributed by atoms with E-state index in [1.54, 1.807) is 0 Å². The van der Waals surface area contributed by atoms with Crippen LogP contribution in [-0.2, 0) is 0 Å². The Bertz CT molecular complexity index is 1610. The Kier molecular flexibility index (Phi) is 14.7. The first-order valence-corrected chi connectivity index (χ1v) is 21.7. The molecule has 3 aromatic rings. The van der Waals surface area contributed by atoms with Gasteiger partial charge in [0.05, 0.1) is 12.1 Å². The van der Waals surface area contributed by atoms with Crippen molar-refractivity contribution >= 4 is 28.3 Å². The van der Waals surface area contributed by atoms with Gasteiger partial charge in [0.1, 0.15) is 5.75 Å². The maximum atomic E-state index is 5.52. The van der Waals surface area contributed by atoms with E-state index in [9.17, 15) is 0 Å². The third-order valence-electron chi connectivity index (χ3n) is 13.1. The quantitative estimate of drug-likeness (QED) is 0.173. The third kappa shape index (κ3) is 11.3. The van der Waals surface area contributed by atoms with Crippen molar-refractivity contribution in [3.8, 4) is 5.75 Å². The number of hydrogen-bond donors (Lipinski definition) is 3. The molecule has 54 heavy (non-hydrogen) atoms. The van der Waals surface area contributed by atoms with E-state index >= 15 is 0 Å². The Morgan fingerprint density at radius 2 is 1.30 bits per heavy atom. The van der Waals surface area contributed by atoms with Crippen LogP contribution in [0.3, 0.4) is 0 Å². The summed E-state index contributed by atoms with van der Waals surface area (Å²) in [6.45, 7) is 26.7. The molecule has 0 saturated heterocycles. The zero-order valence-electron chi connectivity index (χ0n) is 35.8. The molecule has 3 aliphatic rings. The molecule has 296 valence electrons. The summed E-state index contributed by atoms with van der Waals surface area (Å²) >= 11 is 0. The summed E-state index contributed by atoms with van der Waals surface area (Å²) in [5.41, 5.74) is 7.33. The van der Waals surface area contributed by atoms with Crippen molar-refractivity contribution in [3.05, 3.63) is 84.4 Å². The molecular formula is C50H75N3O. The largest absolute Gasteiger partial charge is 0.494 e. The van der Waals surface area contributed by atoms with Gasteiger partial charge >= 0.3 is 0 Å². The van der Waals surface area contributed by atoms with Gasteiger partial charge in [-0.2, -0.15) is 0 Å². The van der Waals surface area contributed by atoms with Crippen molar-refractivity contribution in [2.45, 2.75) is 133 Å². The lowest BCUT2D eigenvalue weighted by atomic mass is 9.62. The average Bonchev–Trinajstić information content (AvgIpc) is 3.12. The molecular weight excluding hydrogens is 659 g/mol. The van der Waals surface area contributed by atoms with Gasteiger partial charge in [-0.3, -0.25) is 0 Å². The zero-order valence-corrected chi connectivity index (χ0v) is 35.8. The molecule has 4 nitrogen and oxygen atoms in total. The Morgan fingerprint density at radius 3 is 1.91 bits per heavy atom. The summed E-state index contributed by atoms with van der Waals surface area (Å²) in [5, 5.41) is 11.2. The number of fused-ring (bicyclic) bond motifs is 1. The van der Waals surface area contributed by atoms with Crippen molar-refractivity contribution < 1.29 is 4.74 Å². The molecule has 4 heteroatoms. The highest BCUT2D eigenvalue weighted by Crippen LogP contribution is 2.46. The van der Waals surface area contributed by atoms with Crippen molar-refractivity contribution in [2.75, 3.05) is 22.6 Å². The second-order valence-electron chi connectivity index (χ2n) is 18.8. The Labute approximate surface area is 330 Å². The van der Waals surface area contributed by atoms with E-state index in [0.717, 1.165) is 70.4 Å². The number of rotatable bonds is 12. The second-order valence-corrected chi connectivity index (χ2v) is 18.8. The van der Waals surface area contributed by atoms with Crippen LogP contribution >= 0.6 is 0 Å². The maximum Gasteiger partial charge on any atom is 0.120 e. The van der Waals surface area contributed by atoms with E-state index < -0.39 is 0 Å². The highest BCUT2D eigenvalue weighted by atomic mass is 16.5. The molecule has 1 aliphatic heterocycles. The number of para-hydroxylation sites is 1. The lowest BCUT2D eigenvalue weighted by molar-refractivity contribution is 0.0738. The average molecular weight is 734 g/mol. The van der Waals surface area contributed by atoms with Crippen molar-refractivity contribution in [1.29, 1.82) is 0 Å². The normalized spacial score (nSPS) is 26.0. The van der Waals surface area contributed by atoms with Gasteiger partial charge < -0.3 is 20.7 Å². The summed E-state index contributed by atoms with van der Waals surface area (Å²) in [6, 6.07) is 26.3. The first-order chi connectivity index (χ1) is 25.7. The van der Waals surface area contributed by atoms with Gasteiger partial charge in [0.2, 0.25) is 0 Å². The van der Waals surface area contributed by atoms with Gasteiger partial charge in [-0.15, -0.1) is 0 Å². The van der Waals surface area contributed by atoms with E-state index in [1.165, 1.54) is 67.5 Å². The van der Waals surface area contributed by atoms with Crippen LogP contribution < -0.4 is 20.7 Å². The summed E-state index contributed by atoms with van der Waals surface area (Å²) in [4.78, 5) is 0. The molecule has 6 rings (SSSR count). The number of hydrogen-bond acceptors (Lipinski definition) is 4. The fourth-order valence-electron chi connectivity index (χ4n) is 10.4. The third-order valence-corrected chi connectivity index (χ3v) is 13.1. The minimum absolute atomic E-state index is 0.0320. The summed E-state index contributed by atoms with van der Waals surface area (Å²) < 4.78 is 5.52. The van der Waals surface area contributed by atoms with Crippen LogP contribution in [0.25, 0.3) is 5.57 Å². The Hall–Kier alpha value is -3.40. The molecule has 0 bridgehead atoms. The summed E-state index contributed by atoms with van der Waals surface area (Å²) in [6.07, 6.45) is 12.0. The zero-order chi connectivity index (χ0) is 39.0. The predicted molar refractivity (Wildman–Crippen MR) is 236 cm³/mol. The molecule has 3 aromatic carbocycles. The number of ether oxygens (including phenoxy) is 1. The first-order valence-electron chi connectivity index (χ1n) is 21.7. The van der Waals surface area contributed by atoms with E-state index in [4.69, 9.17) is 4.74 Å². The molecule has 1 heterocycles. The summed E-state index contributed by atoms with van der Waals surface area (Å²) in [5.74, 6) is 8.28. The second kappa shape index (κ2) is 19.0. The maximum absolute atomic E-state index is 5.52. The number of allylic oxidation sites excluding steroid dienone is 1. The SMILES string of the molecule is CC1CCC(C(C)C)C(C(C)CC(Nc2ccc(Nc3ccccc3)cc2)C2CC(C)CCC2C(C)C)C1.CCOc1ccc2c(c1)C(C)=CC(C)(C)N2. The smallest absolute Gasteiger partial charge is 0.120 e. The standard InChI is InChI=1S/C36H56N2.C14H19NO/c1-24(2)32-19-13-26(5)21-34(32)28(7)23-36(35-22-27(6)14-20-33(35)25(3)4)38-31-17-15-30(16-18-31)37-29-11-9-8-10-12-29;1-5-16-11-6-7-13-12(8-11)10(2)9-14(3,4)15-13/h8-12,15-18,24-28,32-38H,13-14,19-23H2,1-7H3;6-9,15H,5H2,1-4H3. The van der Waals surface area contributed by atoms with Gasteiger partial charge in [0.25, 0.3) is 0 Å². The van der Waals surface area contributed by atoms with Gasteiger partial charge in [0, 0.05) is 34.4 Å². The molecule has 2 fully saturated rings. The van der Waals surface area contributed by atoms with Crippen LogP contribution in [0.1, 0.15) is 127 Å². The van der Waals surface area contributed by atoms with E-state index in [0.29, 0.717) is 12.6 Å². The van der Waals surface area contributed by atoms with Gasteiger partial charge in [-0.25, -0.2) is 0 Å². The molecule has 0 spiro atoms. The van der Waals surface area contributed by atoms with Crippen molar-refractivity contribution in [3.63, 3.8) is 0 Å². The molecule has 0 radical (unpaired) electrons. The van der Waals surface area contributed by atoms with E-state index in [-0.39, 0.29) is 5.54 Å². The fraction of sp³-hybridized carbons (Fsp3) is 0.600. The topological polar surface area (TPSA) is 45.3 Å². The number of nitrogens with one attached hydrogen (secondary N) is 3. The molecule has 0 aromatic heterocycles. The van der Waals surface area contributed by atoms with Gasteiger partial charge in [0.15, 0.2) is 0 Å². The lowest BCUT2D eigenvalue weighted by Crippen LogP contribution is -2.42. The molecule has 3 N–H and O–H groups in total. The van der Waals surface area contributed by atoms with Crippen LogP contribution in [-0.4, -0.2) is 18.2 Å². The first kappa shape index (κ1) is 41.8. The molecule has 8 atom stereocenters. The fourth-order valence-corrected chi connectivity index (χ4v) is 10.4. The molecule has 2 aliphatic carbocycles. The van der Waals surface area contributed by atoms with Gasteiger partial charge in [-0.1, -0.05) is 85.6 Å². The van der Waals surface area contributed by atoms with Crippen LogP contribution in [0.5, 0.6) is 5.75 Å². The van der Waals surface area contributed by atoms with Crippen molar-refractivity contribution in [2.24, 2.45) is 53.3 Å². The molecule has 8 unspecified atom stereocenters. The Morgan fingerprint density at radius 1 is 0.722 bits per heavy atom. The van der Waals surface area contributed by atoms with Crippen LogP contribution in [0.15, 0.2) is 78.9 Å². The molecule has 0 amide bonds. The van der Waals surface area contributed by atoms with Crippen molar-refractivity contribution in [1.82, 2.24) is 0 Å². The monoisotopic (exact) mass is 734 g/mol. The number of benzene rings is 3. The predicted octanol–water partition coefficient (Wildman–Crippen LogP) is 14.3. The van der Waals surface area contributed by atoms with E-state index in [2.05, 4.69) is 158 Å². The lowest BCUT2D eigenvalue weighted by Gasteiger charge is -2.46. The van der Waals surface area contributed by atoms with Crippen LogP contribution in [0.4, 0.5) is 22.7 Å². The highest BCUT2D eigenvalue weighted by Gasteiger charge is 2.40. The highest BCUT2D eigenvalue weighted by molar-refractivity contribution is 5.81. The minimum atomic E-state index is 0.0320. The minimum Gasteiger partial charge on any atom is -0.494 e. The summed E-state index contributed by atoms with van der Waals surface area (Å²) in [7, 11) is 0. The van der Waals surface area contributed by atoms with Crippen LogP contribution in [0, 0.1) is 53.3 Å². The van der Waals surface area contributed by atoms with Crippen LogP contribution in [0.2, 0.25) is 0 Å². The Balaban J connectivity index is 0.000000291. The van der Waals surface area contributed by atoms with E-state index in [1.807, 2.05) is 13.0 Å². The number of anilines is 4.